The Hall–Kier alpha value is -2.15. The molecular formula is C20H21N. The minimum absolute atomic E-state index is 0.263. The first-order chi connectivity index (χ1) is 10.0. The highest BCUT2D eigenvalue weighted by molar-refractivity contribution is 5.96. The third-order valence-corrected chi connectivity index (χ3v) is 3.65. The van der Waals surface area contributed by atoms with Crippen LogP contribution in [0.2, 0.25) is 0 Å². The zero-order chi connectivity index (χ0) is 14.9. The first kappa shape index (κ1) is 13.8. The summed E-state index contributed by atoms with van der Waals surface area (Å²) in [7, 11) is 0. The molecule has 0 aliphatic carbocycles. The van der Waals surface area contributed by atoms with Gasteiger partial charge in [-0.25, -0.2) is 0 Å². The van der Waals surface area contributed by atoms with Crippen LogP contribution in [0.3, 0.4) is 0 Å². The fourth-order valence-corrected chi connectivity index (χ4v) is 2.79. The van der Waals surface area contributed by atoms with Crippen LogP contribution >= 0.6 is 0 Å². The second kappa shape index (κ2) is 5.33. The van der Waals surface area contributed by atoms with E-state index in [-0.39, 0.29) is 5.41 Å². The third-order valence-electron chi connectivity index (χ3n) is 3.65. The quantitative estimate of drug-likeness (QED) is 0.602. The molecule has 1 heterocycles. The van der Waals surface area contributed by atoms with E-state index in [2.05, 4.69) is 75.5 Å². The Morgan fingerprint density at radius 2 is 1.43 bits per heavy atom. The van der Waals surface area contributed by atoms with E-state index in [1.165, 1.54) is 21.9 Å². The molecule has 0 atom stereocenters. The summed E-state index contributed by atoms with van der Waals surface area (Å²) >= 11 is 0. The second-order valence-corrected chi connectivity index (χ2v) is 6.78. The third kappa shape index (κ3) is 2.97. The molecule has 0 fully saturated rings. The SMILES string of the molecule is CC(C)(C)Cc1cnc(-c2ccccc2)c2ccccc12. The standard InChI is InChI=1S/C20H21N/c1-20(2,3)13-16-14-21-19(15-9-5-4-6-10-15)18-12-8-7-11-17(16)18/h4-12,14H,13H2,1-3H3. The Bertz CT molecular complexity index is 752. The van der Waals surface area contributed by atoms with Crippen LogP contribution in [0.15, 0.2) is 60.8 Å². The lowest BCUT2D eigenvalue weighted by Crippen LogP contribution is -2.10. The molecule has 0 aliphatic heterocycles. The predicted molar refractivity (Wildman–Crippen MR) is 90.3 cm³/mol. The van der Waals surface area contributed by atoms with Gasteiger partial charge in [-0.2, -0.15) is 0 Å². The van der Waals surface area contributed by atoms with Crippen molar-refractivity contribution in [2.45, 2.75) is 27.2 Å². The summed E-state index contributed by atoms with van der Waals surface area (Å²) in [4.78, 5) is 4.76. The lowest BCUT2D eigenvalue weighted by Gasteiger charge is -2.20. The summed E-state index contributed by atoms with van der Waals surface area (Å²) in [6.45, 7) is 6.81. The lowest BCUT2D eigenvalue weighted by atomic mass is 9.86. The Balaban J connectivity index is 2.20. The molecule has 0 aliphatic rings. The average Bonchev–Trinajstić information content (AvgIpc) is 2.47. The van der Waals surface area contributed by atoms with Crippen molar-refractivity contribution in [3.8, 4) is 11.3 Å². The molecule has 21 heavy (non-hydrogen) atoms. The first-order valence-electron chi connectivity index (χ1n) is 7.47. The zero-order valence-corrected chi connectivity index (χ0v) is 12.9. The van der Waals surface area contributed by atoms with Crippen LogP contribution < -0.4 is 0 Å². The molecule has 0 saturated carbocycles. The van der Waals surface area contributed by atoms with Crippen molar-refractivity contribution in [1.82, 2.24) is 4.98 Å². The van der Waals surface area contributed by atoms with Gasteiger partial charge in [0.1, 0.15) is 0 Å². The monoisotopic (exact) mass is 275 g/mol. The molecule has 0 amide bonds. The summed E-state index contributed by atoms with van der Waals surface area (Å²) in [5.41, 5.74) is 3.84. The lowest BCUT2D eigenvalue weighted by molar-refractivity contribution is 0.412. The molecule has 0 bridgehead atoms. The molecule has 1 nitrogen and oxygen atoms in total. The van der Waals surface area contributed by atoms with Crippen molar-refractivity contribution in [1.29, 1.82) is 0 Å². The maximum atomic E-state index is 4.76. The number of aromatic nitrogens is 1. The average molecular weight is 275 g/mol. The Morgan fingerprint density at radius 3 is 2.10 bits per heavy atom. The van der Waals surface area contributed by atoms with Crippen LogP contribution in [0.4, 0.5) is 0 Å². The molecule has 1 aromatic heterocycles. The summed E-state index contributed by atoms with van der Waals surface area (Å²) < 4.78 is 0. The highest BCUT2D eigenvalue weighted by atomic mass is 14.7. The van der Waals surface area contributed by atoms with Crippen molar-refractivity contribution in [2.24, 2.45) is 5.41 Å². The summed E-state index contributed by atoms with van der Waals surface area (Å²) in [5, 5.41) is 2.56. The van der Waals surface area contributed by atoms with Gasteiger partial charge in [-0.05, 0) is 22.8 Å². The summed E-state index contributed by atoms with van der Waals surface area (Å²) in [6.07, 6.45) is 3.09. The predicted octanol–water partition coefficient (Wildman–Crippen LogP) is 5.49. The number of rotatable bonds is 2. The van der Waals surface area contributed by atoms with Crippen LogP contribution in [0.25, 0.3) is 22.0 Å². The van der Waals surface area contributed by atoms with Crippen molar-refractivity contribution >= 4 is 10.8 Å². The number of fused-ring (bicyclic) bond motifs is 1. The summed E-state index contributed by atoms with van der Waals surface area (Å²) in [6, 6.07) is 19.0. The van der Waals surface area contributed by atoms with Crippen LogP contribution in [-0.2, 0) is 6.42 Å². The highest BCUT2D eigenvalue weighted by Crippen LogP contribution is 2.31. The van der Waals surface area contributed by atoms with E-state index in [0.29, 0.717) is 0 Å². The van der Waals surface area contributed by atoms with Gasteiger partial charge in [0.2, 0.25) is 0 Å². The molecule has 3 aromatic rings. The van der Waals surface area contributed by atoms with Gasteiger partial charge < -0.3 is 0 Å². The maximum absolute atomic E-state index is 4.76. The molecule has 0 spiro atoms. The van der Waals surface area contributed by atoms with E-state index in [4.69, 9.17) is 4.98 Å². The normalized spacial score (nSPS) is 11.8. The summed E-state index contributed by atoms with van der Waals surface area (Å²) in [5.74, 6) is 0. The van der Waals surface area contributed by atoms with E-state index in [1.54, 1.807) is 0 Å². The Labute approximate surface area is 126 Å². The van der Waals surface area contributed by atoms with Gasteiger partial charge in [-0.1, -0.05) is 75.4 Å². The van der Waals surface area contributed by atoms with Crippen molar-refractivity contribution in [3.05, 3.63) is 66.4 Å². The number of nitrogens with zero attached hydrogens (tertiary/aromatic N) is 1. The molecule has 0 N–H and O–H groups in total. The van der Waals surface area contributed by atoms with Gasteiger partial charge in [0.05, 0.1) is 5.69 Å². The van der Waals surface area contributed by atoms with E-state index in [1.807, 2.05) is 6.07 Å². The molecule has 0 radical (unpaired) electrons. The molecule has 0 saturated heterocycles. The zero-order valence-electron chi connectivity index (χ0n) is 12.9. The molecule has 1 heteroatoms. The first-order valence-corrected chi connectivity index (χ1v) is 7.47. The fraction of sp³-hybridized carbons (Fsp3) is 0.250. The van der Waals surface area contributed by atoms with Gasteiger partial charge in [0, 0.05) is 17.1 Å². The van der Waals surface area contributed by atoms with Crippen molar-refractivity contribution < 1.29 is 0 Å². The van der Waals surface area contributed by atoms with Gasteiger partial charge in [-0.3, -0.25) is 4.98 Å². The number of pyridine rings is 1. The van der Waals surface area contributed by atoms with Crippen LogP contribution in [-0.4, -0.2) is 4.98 Å². The second-order valence-electron chi connectivity index (χ2n) is 6.78. The number of hydrogen-bond donors (Lipinski definition) is 0. The Morgan fingerprint density at radius 1 is 0.810 bits per heavy atom. The van der Waals surface area contributed by atoms with Gasteiger partial charge in [0.15, 0.2) is 0 Å². The smallest absolute Gasteiger partial charge is 0.0780 e. The topological polar surface area (TPSA) is 12.9 Å². The van der Waals surface area contributed by atoms with Crippen LogP contribution in [0.1, 0.15) is 26.3 Å². The van der Waals surface area contributed by atoms with Gasteiger partial charge in [-0.15, -0.1) is 0 Å². The van der Waals surface area contributed by atoms with Crippen molar-refractivity contribution in [2.75, 3.05) is 0 Å². The number of hydrogen-bond acceptors (Lipinski definition) is 1. The highest BCUT2D eigenvalue weighted by Gasteiger charge is 2.15. The Kier molecular flexibility index (Phi) is 3.50. The van der Waals surface area contributed by atoms with E-state index >= 15 is 0 Å². The molecule has 0 unspecified atom stereocenters. The van der Waals surface area contributed by atoms with E-state index in [9.17, 15) is 0 Å². The molecule has 2 aromatic carbocycles. The molecule has 106 valence electrons. The van der Waals surface area contributed by atoms with Crippen LogP contribution in [0.5, 0.6) is 0 Å². The van der Waals surface area contributed by atoms with Gasteiger partial charge >= 0.3 is 0 Å². The maximum Gasteiger partial charge on any atom is 0.0780 e. The molecular weight excluding hydrogens is 254 g/mol. The van der Waals surface area contributed by atoms with E-state index in [0.717, 1.165) is 12.1 Å². The van der Waals surface area contributed by atoms with E-state index < -0.39 is 0 Å². The van der Waals surface area contributed by atoms with Crippen LogP contribution in [0, 0.1) is 5.41 Å². The molecule has 3 rings (SSSR count). The minimum Gasteiger partial charge on any atom is -0.255 e. The number of benzene rings is 2. The fourth-order valence-electron chi connectivity index (χ4n) is 2.79. The van der Waals surface area contributed by atoms with Gasteiger partial charge in [0.25, 0.3) is 0 Å². The largest absolute Gasteiger partial charge is 0.255 e. The minimum atomic E-state index is 0.263. The van der Waals surface area contributed by atoms with Crippen molar-refractivity contribution in [3.63, 3.8) is 0 Å².